The fourth-order valence-electron chi connectivity index (χ4n) is 3.28. The first-order chi connectivity index (χ1) is 16.5. The predicted molar refractivity (Wildman–Crippen MR) is 136 cm³/mol. The van der Waals surface area contributed by atoms with Crippen molar-refractivity contribution in [3.8, 4) is 21.9 Å². The number of anilines is 1. The Bertz CT molecular complexity index is 1510. The van der Waals surface area contributed by atoms with Gasteiger partial charge in [-0.1, -0.05) is 42.0 Å². The summed E-state index contributed by atoms with van der Waals surface area (Å²) in [5, 5.41) is 20.2. The Morgan fingerprint density at radius 3 is 2.74 bits per heavy atom. The van der Waals surface area contributed by atoms with Gasteiger partial charge in [0.15, 0.2) is 16.7 Å². The molecule has 170 valence electrons. The summed E-state index contributed by atoms with van der Waals surface area (Å²) in [6.45, 7) is 2.01. The average Bonchev–Trinajstić information content (AvgIpc) is 3.56. The highest BCUT2D eigenvalue weighted by Gasteiger charge is 2.15. The zero-order valence-corrected chi connectivity index (χ0v) is 20.2. The van der Waals surface area contributed by atoms with Crippen molar-refractivity contribution in [1.82, 2.24) is 25.1 Å². The lowest BCUT2D eigenvalue weighted by Crippen LogP contribution is -2.33. The van der Waals surface area contributed by atoms with Crippen molar-refractivity contribution in [1.29, 1.82) is 0 Å². The Morgan fingerprint density at radius 1 is 1.12 bits per heavy atom. The van der Waals surface area contributed by atoms with E-state index in [0.29, 0.717) is 16.5 Å². The molecular formula is C23H17ClN6O2S2. The first-order valence-corrected chi connectivity index (χ1v) is 11.9. The molecular weight excluding hydrogens is 492 g/mol. The molecule has 5 aromatic rings. The number of amides is 1. The number of thiocarbonyl (C=S) groups is 1. The summed E-state index contributed by atoms with van der Waals surface area (Å²) in [6.07, 6.45) is 0.747. The molecule has 0 aliphatic heterocycles. The van der Waals surface area contributed by atoms with Crippen molar-refractivity contribution in [2.45, 2.75) is 13.3 Å². The van der Waals surface area contributed by atoms with Crippen molar-refractivity contribution in [2.24, 2.45) is 0 Å². The number of rotatable bonds is 5. The minimum atomic E-state index is -0.449. The van der Waals surface area contributed by atoms with Crippen LogP contribution >= 0.6 is 35.2 Å². The number of aromatic nitrogens is 4. The highest BCUT2D eigenvalue weighted by Crippen LogP contribution is 2.28. The van der Waals surface area contributed by atoms with Crippen LogP contribution in [0, 0.1) is 0 Å². The molecule has 1 amide bonds. The van der Waals surface area contributed by atoms with E-state index in [1.807, 2.05) is 43.3 Å². The normalized spacial score (nSPS) is 11.0. The van der Waals surface area contributed by atoms with Crippen LogP contribution in [0.2, 0.25) is 5.02 Å². The summed E-state index contributed by atoms with van der Waals surface area (Å²) in [5.74, 6) is 1.07. The fourth-order valence-corrected chi connectivity index (χ4v) is 4.47. The maximum atomic E-state index is 12.6. The van der Waals surface area contributed by atoms with E-state index in [-0.39, 0.29) is 10.9 Å². The molecule has 0 radical (unpaired) electrons. The largest absolute Gasteiger partial charge is 0.451 e. The number of furan rings is 1. The summed E-state index contributed by atoms with van der Waals surface area (Å²) < 4.78 is 7.43. The van der Waals surface area contributed by atoms with Crippen LogP contribution in [0.25, 0.3) is 26.9 Å². The lowest BCUT2D eigenvalue weighted by molar-refractivity contribution is 0.0951. The lowest BCUT2D eigenvalue weighted by Gasteiger charge is -2.09. The number of benzene rings is 2. The Balaban J connectivity index is 1.26. The van der Waals surface area contributed by atoms with Crippen molar-refractivity contribution < 1.29 is 9.21 Å². The predicted octanol–water partition coefficient (Wildman–Crippen LogP) is 5.46. The van der Waals surface area contributed by atoms with Crippen LogP contribution in [0.4, 0.5) is 5.69 Å². The number of carbonyl (C=O) groups excluding carboxylic acids is 1. The highest BCUT2D eigenvalue weighted by atomic mass is 35.5. The second kappa shape index (κ2) is 9.34. The Morgan fingerprint density at radius 2 is 1.94 bits per heavy atom. The molecule has 3 heterocycles. The van der Waals surface area contributed by atoms with Gasteiger partial charge in [0.2, 0.25) is 4.96 Å². The molecule has 0 aliphatic rings. The topological polar surface area (TPSA) is 97.3 Å². The van der Waals surface area contributed by atoms with Crippen LogP contribution in [0.15, 0.2) is 65.1 Å². The van der Waals surface area contributed by atoms with Crippen LogP contribution < -0.4 is 10.6 Å². The van der Waals surface area contributed by atoms with Gasteiger partial charge in [0.1, 0.15) is 10.8 Å². The Kier molecular flexibility index (Phi) is 6.10. The molecule has 0 spiro atoms. The van der Waals surface area contributed by atoms with Gasteiger partial charge < -0.3 is 9.73 Å². The van der Waals surface area contributed by atoms with Crippen LogP contribution in [-0.4, -0.2) is 30.8 Å². The fraction of sp³-hybridized carbons (Fsp3) is 0.0870. The van der Waals surface area contributed by atoms with Crippen LogP contribution in [-0.2, 0) is 6.42 Å². The molecule has 0 unspecified atom stereocenters. The zero-order valence-electron chi connectivity index (χ0n) is 17.8. The number of halogens is 1. The SMILES string of the molecule is CCc1nnc2sc(-c3cccc(NC(=S)NC(=O)c4ccc(-c5ccc(Cl)cc5)o4)c3)nn12. The molecule has 11 heteroatoms. The number of fused-ring (bicyclic) bond motifs is 1. The van der Waals surface area contributed by atoms with Gasteiger partial charge in [0.25, 0.3) is 5.91 Å². The maximum Gasteiger partial charge on any atom is 0.293 e. The number of hydrogen-bond acceptors (Lipinski definition) is 7. The van der Waals surface area contributed by atoms with E-state index in [9.17, 15) is 4.79 Å². The smallest absolute Gasteiger partial charge is 0.293 e. The lowest BCUT2D eigenvalue weighted by atomic mass is 10.2. The van der Waals surface area contributed by atoms with Crippen LogP contribution in [0.3, 0.4) is 0 Å². The molecule has 0 fully saturated rings. The molecule has 5 rings (SSSR count). The number of aryl methyl sites for hydroxylation is 1. The van der Waals surface area contributed by atoms with E-state index in [4.69, 9.17) is 28.2 Å². The molecule has 34 heavy (non-hydrogen) atoms. The third-order valence-corrected chi connectivity index (χ3v) is 6.33. The van der Waals surface area contributed by atoms with Crippen molar-refractivity contribution in [3.05, 3.63) is 77.3 Å². The average molecular weight is 509 g/mol. The van der Waals surface area contributed by atoms with Gasteiger partial charge in [0, 0.05) is 28.3 Å². The molecule has 0 aliphatic carbocycles. The van der Waals surface area contributed by atoms with E-state index < -0.39 is 5.91 Å². The van der Waals surface area contributed by atoms with Crippen LogP contribution in [0.1, 0.15) is 23.3 Å². The van der Waals surface area contributed by atoms with E-state index in [1.54, 1.807) is 28.8 Å². The number of carbonyl (C=O) groups is 1. The summed E-state index contributed by atoms with van der Waals surface area (Å²) in [6, 6.07) is 18.1. The zero-order chi connectivity index (χ0) is 23.7. The Labute approximate surface area is 208 Å². The summed E-state index contributed by atoms with van der Waals surface area (Å²) in [7, 11) is 0. The van der Waals surface area contributed by atoms with Crippen molar-refractivity contribution in [3.63, 3.8) is 0 Å². The third kappa shape index (κ3) is 4.56. The van der Waals surface area contributed by atoms with Crippen LogP contribution in [0.5, 0.6) is 0 Å². The minimum Gasteiger partial charge on any atom is -0.451 e. The van der Waals surface area contributed by atoms with Gasteiger partial charge in [-0.15, -0.1) is 10.2 Å². The highest BCUT2D eigenvalue weighted by molar-refractivity contribution is 7.80. The summed E-state index contributed by atoms with van der Waals surface area (Å²) in [4.78, 5) is 13.3. The van der Waals surface area contributed by atoms with Gasteiger partial charge in [-0.3, -0.25) is 10.1 Å². The molecule has 0 saturated carbocycles. The van der Waals surface area contributed by atoms with Gasteiger partial charge >= 0.3 is 0 Å². The van der Waals surface area contributed by atoms with Crippen molar-refractivity contribution in [2.75, 3.05) is 5.32 Å². The molecule has 2 aromatic carbocycles. The summed E-state index contributed by atoms with van der Waals surface area (Å²) >= 11 is 12.7. The minimum absolute atomic E-state index is 0.148. The van der Waals surface area contributed by atoms with E-state index in [0.717, 1.165) is 33.3 Å². The second-order valence-corrected chi connectivity index (χ2v) is 9.03. The summed E-state index contributed by atoms with van der Waals surface area (Å²) in [5.41, 5.74) is 2.43. The van der Waals surface area contributed by atoms with E-state index in [2.05, 4.69) is 25.9 Å². The molecule has 2 N–H and O–H groups in total. The molecule has 0 bridgehead atoms. The van der Waals surface area contributed by atoms with E-state index >= 15 is 0 Å². The van der Waals surface area contributed by atoms with Gasteiger partial charge in [-0.05, 0) is 60.7 Å². The number of hydrogen-bond donors (Lipinski definition) is 2. The first-order valence-electron chi connectivity index (χ1n) is 10.3. The molecule has 0 saturated heterocycles. The second-order valence-electron chi connectivity index (χ2n) is 7.23. The third-order valence-electron chi connectivity index (χ3n) is 4.92. The Hall–Kier alpha value is -3.60. The maximum absolute atomic E-state index is 12.6. The van der Waals surface area contributed by atoms with E-state index in [1.165, 1.54) is 11.3 Å². The van der Waals surface area contributed by atoms with Gasteiger partial charge in [0.05, 0.1) is 0 Å². The quantitative estimate of drug-likeness (QED) is 0.304. The standard InChI is InChI=1S/C23H17ClN6O2S2/c1-2-19-27-28-23-30(19)29-21(34-23)14-4-3-5-16(12-14)25-22(33)26-20(31)18-11-10-17(32-18)13-6-8-15(24)9-7-13/h3-12H,2H2,1H3,(H2,25,26,31,33). The van der Waals surface area contributed by atoms with Gasteiger partial charge in [-0.2, -0.15) is 9.61 Å². The molecule has 0 atom stereocenters. The molecule has 8 nitrogen and oxygen atoms in total. The molecule has 3 aromatic heterocycles. The van der Waals surface area contributed by atoms with Crippen molar-refractivity contribution >= 4 is 56.8 Å². The number of nitrogens with one attached hydrogen (secondary N) is 2. The van der Waals surface area contributed by atoms with Gasteiger partial charge in [-0.25, -0.2) is 0 Å². The first kappa shape index (κ1) is 22.2. The monoisotopic (exact) mass is 508 g/mol. The number of nitrogens with zero attached hydrogens (tertiary/aromatic N) is 4.